The van der Waals surface area contributed by atoms with Crippen molar-refractivity contribution in [2.75, 3.05) is 47.6 Å². The van der Waals surface area contributed by atoms with Crippen LogP contribution in [0.25, 0.3) is 0 Å². The predicted octanol–water partition coefficient (Wildman–Crippen LogP) is 3.70. The smallest absolute Gasteiger partial charge is 0.249 e. The van der Waals surface area contributed by atoms with Gasteiger partial charge in [-0.1, -0.05) is 12.1 Å². The molecule has 2 heterocycles. The fourth-order valence-corrected chi connectivity index (χ4v) is 6.76. The maximum absolute atomic E-state index is 13.4. The van der Waals surface area contributed by atoms with Crippen molar-refractivity contribution >= 4 is 15.9 Å². The van der Waals surface area contributed by atoms with Gasteiger partial charge in [0.2, 0.25) is 15.9 Å². The molecule has 1 amide bonds. The molecule has 1 aromatic heterocycles. The van der Waals surface area contributed by atoms with E-state index < -0.39 is 10.0 Å². The number of benzene rings is 2. The molecule has 0 saturated heterocycles. The molecule has 2 aromatic carbocycles. The average molecular weight is 556 g/mol. The third-order valence-electron chi connectivity index (χ3n) is 7.43. The zero-order valence-electron chi connectivity index (χ0n) is 23.4. The summed E-state index contributed by atoms with van der Waals surface area (Å²) in [6, 6.07) is 13.2. The van der Waals surface area contributed by atoms with Crippen LogP contribution in [0.4, 0.5) is 0 Å². The normalized spacial score (nSPS) is 15.4. The van der Waals surface area contributed by atoms with E-state index in [1.54, 1.807) is 34.1 Å². The second-order valence-electron chi connectivity index (χ2n) is 9.74. The molecule has 0 aliphatic carbocycles. The molecule has 10 heteroatoms. The zero-order valence-corrected chi connectivity index (χ0v) is 24.2. The van der Waals surface area contributed by atoms with Crippen LogP contribution in [0.3, 0.4) is 0 Å². The lowest BCUT2D eigenvalue weighted by Gasteiger charge is -2.37. The number of likely N-dealkylation sites (N-methyl/N-ethyl adjacent to an activating group) is 1. The Bertz CT molecular complexity index is 1430. The Hall–Kier alpha value is -3.34. The van der Waals surface area contributed by atoms with Gasteiger partial charge in [0, 0.05) is 38.6 Å². The third-order valence-corrected chi connectivity index (χ3v) is 9.58. The largest absolute Gasteiger partial charge is 0.497 e. The summed E-state index contributed by atoms with van der Waals surface area (Å²) in [4.78, 5) is 15.4. The van der Waals surface area contributed by atoms with Gasteiger partial charge >= 0.3 is 0 Å². The van der Waals surface area contributed by atoms with Crippen molar-refractivity contribution in [3.05, 3.63) is 76.6 Å². The van der Waals surface area contributed by atoms with Crippen molar-refractivity contribution < 1.29 is 27.4 Å². The highest BCUT2D eigenvalue weighted by Gasteiger charge is 2.32. The van der Waals surface area contributed by atoms with Gasteiger partial charge in [-0.15, -0.1) is 0 Å². The predicted molar refractivity (Wildman–Crippen MR) is 149 cm³/mol. The van der Waals surface area contributed by atoms with Crippen LogP contribution in [-0.2, 0) is 26.1 Å². The molecule has 0 bridgehead atoms. The monoisotopic (exact) mass is 555 g/mol. The van der Waals surface area contributed by atoms with E-state index in [1.165, 1.54) is 11.4 Å². The number of amides is 1. The van der Waals surface area contributed by atoms with Crippen LogP contribution in [0.5, 0.6) is 11.5 Å². The minimum absolute atomic E-state index is 0.0894. The summed E-state index contributed by atoms with van der Waals surface area (Å²) in [7, 11) is 0.960. The molecule has 210 valence electrons. The Balaban J connectivity index is 1.41. The van der Waals surface area contributed by atoms with E-state index in [0.29, 0.717) is 30.0 Å². The molecular formula is C29H37N3O6S. The number of fused-ring (bicyclic) bond motifs is 1. The van der Waals surface area contributed by atoms with Crippen LogP contribution in [0, 0.1) is 20.8 Å². The minimum Gasteiger partial charge on any atom is -0.497 e. The molecular weight excluding hydrogens is 518 g/mol. The quantitative estimate of drug-likeness (QED) is 0.355. The number of carbonyl (C=O) groups excluding carboxylic acids is 1. The number of carbonyl (C=O) groups is 1. The summed E-state index contributed by atoms with van der Waals surface area (Å²) in [5.74, 6) is 1.26. The summed E-state index contributed by atoms with van der Waals surface area (Å²) < 4.78 is 46.6. The molecule has 1 unspecified atom stereocenters. The molecule has 1 atom stereocenters. The van der Waals surface area contributed by atoms with Crippen LogP contribution in [-0.4, -0.2) is 75.7 Å². The van der Waals surface area contributed by atoms with Crippen molar-refractivity contribution in [3.63, 3.8) is 0 Å². The number of nitrogens with zero attached hydrogens (tertiary/aromatic N) is 3. The average Bonchev–Trinajstić information content (AvgIpc) is 3.41. The first-order chi connectivity index (χ1) is 18.6. The van der Waals surface area contributed by atoms with Crippen molar-refractivity contribution in [3.8, 4) is 11.5 Å². The van der Waals surface area contributed by atoms with Crippen molar-refractivity contribution in [1.82, 2.24) is 13.8 Å². The van der Waals surface area contributed by atoms with Gasteiger partial charge in [0.25, 0.3) is 0 Å². The molecule has 3 aromatic rings. The fourth-order valence-electron chi connectivity index (χ4n) is 5.13. The van der Waals surface area contributed by atoms with Crippen molar-refractivity contribution in [2.24, 2.45) is 0 Å². The SMILES string of the molecule is COc1ccc(C2c3cccn3CCN2C(=O)COCCN(C)S(=O)(=O)c2c(C)cc(OC)c(C)c2C)cc1. The van der Waals surface area contributed by atoms with Crippen LogP contribution >= 0.6 is 0 Å². The first-order valence-electron chi connectivity index (χ1n) is 12.9. The first kappa shape index (κ1) is 28.7. The lowest BCUT2D eigenvalue weighted by atomic mass is 9.99. The maximum atomic E-state index is 13.4. The molecule has 0 radical (unpaired) electrons. The zero-order chi connectivity index (χ0) is 28.3. The summed E-state index contributed by atoms with van der Waals surface area (Å²) >= 11 is 0. The van der Waals surface area contributed by atoms with Crippen LogP contribution in [0.2, 0.25) is 0 Å². The molecule has 4 rings (SSSR count). The number of hydrogen-bond donors (Lipinski definition) is 0. The molecule has 9 nitrogen and oxygen atoms in total. The summed E-state index contributed by atoms with van der Waals surface area (Å²) in [6.45, 7) is 6.70. The number of sulfonamides is 1. The number of methoxy groups -OCH3 is 2. The van der Waals surface area contributed by atoms with Gasteiger partial charge in [-0.3, -0.25) is 4.79 Å². The van der Waals surface area contributed by atoms with Crippen molar-refractivity contribution in [1.29, 1.82) is 0 Å². The summed E-state index contributed by atoms with van der Waals surface area (Å²) in [5.41, 5.74) is 4.09. The molecule has 1 aliphatic rings. The Morgan fingerprint density at radius 1 is 1.03 bits per heavy atom. The second-order valence-corrected chi connectivity index (χ2v) is 11.7. The molecule has 1 aliphatic heterocycles. The van der Waals surface area contributed by atoms with Gasteiger partial charge in [-0.05, 0) is 73.4 Å². The number of rotatable bonds is 10. The topological polar surface area (TPSA) is 90.3 Å². The van der Waals surface area contributed by atoms with E-state index >= 15 is 0 Å². The van der Waals surface area contributed by atoms with E-state index in [-0.39, 0.29) is 36.6 Å². The molecule has 39 heavy (non-hydrogen) atoms. The number of hydrogen-bond acceptors (Lipinski definition) is 6. The fraction of sp³-hybridized carbons (Fsp3) is 0.414. The van der Waals surface area contributed by atoms with Gasteiger partial charge in [0.15, 0.2) is 0 Å². The van der Waals surface area contributed by atoms with Crippen LogP contribution < -0.4 is 9.47 Å². The summed E-state index contributed by atoms with van der Waals surface area (Å²) in [6.07, 6.45) is 2.02. The Kier molecular flexibility index (Phi) is 8.68. The van der Waals surface area contributed by atoms with Crippen LogP contribution in [0.15, 0.2) is 53.6 Å². The lowest BCUT2D eigenvalue weighted by molar-refractivity contribution is -0.138. The Morgan fingerprint density at radius 2 is 1.74 bits per heavy atom. The van der Waals surface area contributed by atoms with E-state index in [2.05, 4.69) is 4.57 Å². The van der Waals surface area contributed by atoms with E-state index in [1.807, 2.05) is 54.4 Å². The van der Waals surface area contributed by atoms with Gasteiger partial charge in [0.05, 0.1) is 31.8 Å². The Morgan fingerprint density at radius 3 is 2.41 bits per heavy atom. The second kappa shape index (κ2) is 11.8. The van der Waals surface area contributed by atoms with E-state index in [0.717, 1.165) is 22.6 Å². The molecule has 0 fully saturated rings. The van der Waals surface area contributed by atoms with Gasteiger partial charge < -0.3 is 23.7 Å². The third kappa shape index (κ3) is 5.68. The standard InChI is InChI=1S/C29H37N3O6S/c1-20-18-26(37-6)21(2)22(3)29(20)39(34,35)30(4)16-17-38-19-27(33)32-15-14-31-13-7-8-25(31)28(32)23-9-11-24(36-5)12-10-23/h7-13,18,28H,14-17,19H2,1-6H3. The highest BCUT2D eigenvalue weighted by Crippen LogP contribution is 2.34. The van der Waals surface area contributed by atoms with Gasteiger partial charge in [-0.2, -0.15) is 4.31 Å². The van der Waals surface area contributed by atoms with E-state index in [9.17, 15) is 13.2 Å². The molecule has 0 spiro atoms. The molecule has 0 N–H and O–H groups in total. The summed E-state index contributed by atoms with van der Waals surface area (Å²) in [5, 5.41) is 0. The highest BCUT2D eigenvalue weighted by molar-refractivity contribution is 7.89. The number of aromatic nitrogens is 1. The first-order valence-corrected chi connectivity index (χ1v) is 14.3. The lowest BCUT2D eigenvalue weighted by Crippen LogP contribution is -2.44. The Labute approximate surface area is 230 Å². The molecule has 0 saturated carbocycles. The maximum Gasteiger partial charge on any atom is 0.249 e. The van der Waals surface area contributed by atoms with E-state index in [4.69, 9.17) is 14.2 Å². The number of ether oxygens (including phenoxy) is 3. The van der Waals surface area contributed by atoms with Crippen LogP contribution in [0.1, 0.15) is 34.0 Å². The van der Waals surface area contributed by atoms with Crippen molar-refractivity contribution in [2.45, 2.75) is 38.3 Å². The number of aryl methyl sites for hydroxylation is 1. The highest BCUT2D eigenvalue weighted by atomic mass is 32.2. The van der Waals surface area contributed by atoms with Gasteiger partial charge in [-0.25, -0.2) is 8.42 Å². The van der Waals surface area contributed by atoms with Gasteiger partial charge in [0.1, 0.15) is 18.1 Å². The minimum atomic E-state index is -3.76.